The van der Waals surface area contributed by atoms with Gasteiger partial charge in [-0.3, -0.25) is 4.79 Å². The van der Waals surface area contributed by atoms with E-state index in [9.17, 15) is 13.2 Å². The SMILES string of the molecule is CC(C)(C)C1(C(C)(C)C)C(=O)N(S(C)(=O)=O)C1=S. The van der Waals surface area contributed by atoms with Gasteiger partial charge in [-0.05, 0) is 10.8 Å². The van der Waals surface area contributed by atoms with E-state index in [-0.39, 0.29) is 4.99 Å². The molecule has 1 aliphatic heterocycles. The van der Waals surface area contributed by atoms with Crippen LogP contribution in [0.15, 0.2) is 0 Å². The van der Waals surface area contributed by atoms with Gasteiger partial charge in [-0.15, -0.1) is 0 Å². The molecule has 0 aromatic rings. The first-order valence-electron chi connectivity index (χ1n) is 5.78. The summed E-state index contributed by atoms with van der Waals surface area (Å²) < 4.78 is 23.9. The molecule has 4 nitrogen and oxygen atoms in total. The highest BCUT2D eigenvalue weighted by Gasteiger charge is 2.71. The molecule has 0 aliphatic carbocycles. The first-order chi connectivity index (χ1) is 7.69. The van der Waals surface area contributed by atoms with Crippen LogP contribution in [0.3, 0.4) is 0 Å². The average molecular weight is 291 g/mol. The maximum absolute atomic E-state index is 12.5. The number of nitrogens with zero attached hydrogens (tertiary/aromatic N) is 1. The first-order valence-corrected chi connectivity index (χ1v) is 8.04. The summed E-state index contributed by atoms with van der Waals surface area (Å²) in [7, 11) is -3.61. The van der Waals surface area contributed by atoms with E-state index >= 15 is 0 Å². The molecule has 1 fully saturated rings. The number of sulfonamides is 1. The van der Waals surface area contributed by atoms with Crippen molar-refractivity contribution in [2.24, 2.45) is 16.2 Å². The van der Waals surface area contributed by atoms with Gasteiger partial charge in [0.05, 0.1) is 6.26 Å². The predicted molar refractivity (Wildman–Crippen MR) is 75.6 cm³/mol. The topological polar surface area (TPSA) is 54.5 Å². The van der Waals surface area contributed by atoms with E-state index in [1.165, 1.54) is 0 Å². The van der Waals surface area contributed by atoms with Crippen LogP contribution in [0.25, 0.3) is 0 Å². The van der Waals surface area contributed by atoms with Gasteiger partial charge in [-0.2, -0.15) is 4.31 Å². The lowest BCUT2D eigenvalue weighted by atomic mass is 9.50. The molecular formula is C12H21NO3S2. The van der Waals surface area contributed by atoms with Crippen molar-refractivity contribution in [1.29, 1.82) is 0 Å². The maximum atomic E-state index is 12.5. The van der Waals surface area contributed by atoms with Gasteiger partial charge in [-0.1, -0.05) is 53.8 Å². The molecule has 18 heavy (non-hydrogen) atoms. The van der Waals surface area contributed by atoms with E-state index in [1.54, 1.807) is 0 Å². The molecule has 1 saturated heterocycles. The number of carbonyl (C=O) groups is 1. The van der Waals surface area contributed by atoms with Crippen LogP contribution in [-0.2, 0) is 14.8 Å². The lowest BCUT2D eigenvalue weighted by Crippen LogP contribution is -2.75. The Bertz CT molecular complexity index is 474. The Morgan fingerprint density at radius 1 is 1.06 bits per heavy atom. The Morgan fingerprint density at radius 3 is 1.56 bits per heavy atom. The summed E-state index contributed by atoms with van der Waals surface area (Å²) >= 11 is 5.29. The Balaban J connectivity index is 3.49. The molecule has 1 aliphatic rings. The second-order valence-electron chi connectivity index (χ2n) is 6.89. The number of thiocarbonyl (C=S) groups is 1. The molecular weight excluding hydrogens is 270 g/mol. The van der Waals surface area contributed by atoms with Crippen LogP contribution in [0.2, 0.25) is 0 Å². The number of rotatable bonds is 1. The van der Waals surface area contributed by atoms with Crippen LogP contribution < -0.4 is 0 Å². The molecule has 0 unspecified atom stereocenters. The summed E-state index contributed by atoms with van der Waals surface area (Å²) in [6, 6.07) is 0. The molecule has 1 rings (SSSR count). The molecule has 1 heterocycles. The van der Waals surface area contributed by atoms with Gasteiger partial charge in [0.1, 0.15) is 10.4 Å². The van der Waals surface area contributed by atoms with Gasteiger partial charge in [0.25, 0.3) is 5.91 Å². The zero-order valence-corrected chi connectivity index (χ0v) is 13.6. The molecule has 104 valence electrons. The van der Waals surface area contributed by atoms with E-state index in [4.69, 9.17) is 12.2 Å². The second-order valence-corrected chi connectivity index (χ2v) is 9.11. The van der Waals surface area contributed by atoms with Crippen molar-refractivity contribution in [3.8, 4) is 0 Å². The summed E-state index contributed by atoms with van der Waals surface area (Å²) in [6.45, 7) is 11.5. The largest absolute Gasteiger partial charge is 0.272 e. The molecule has 0 aromatic carbocycles. The fourth-order valence-corrected chi connectivity index (χ4v) is 5.21. The molecule has 0 aromatic heterocycles. The van der Waals surface area contributed by atoms with Crippen molar-refractivity contribution in [2.45, 2.75) is 41.5 Å². The Morgan fingerprint density at radius 2 is 1.39 bits per heavy atom. The van der Waals surface area contributed by atoms with Crippen LogP contribution in [0.1, 0.15) is 41.5 Å². The minimum absolute atomic E-state index is 0.218. The first kappa shape index (κ1) is 15.6. The fraction of sp³-hybridized carbons (Fsp3) is 0.833. The highest BCUT2D eigenvalue weighted by molar-refractivity contribution is 7.91. The quantitative estimate of drug-likeness (QED) is 0.549. The van der Waals surface area contributed by atoms with Crippen molar-refractivity contribution in [2.75, 3.05) is 6.26 Å². The maximum Gasteiger partial charge on any atom is 0.255 e. The molecule has 0 atom stereocenters. The summed E-state index contributed by atoms with van der Waals surface area (Å²) in [6.07, 6.45) is 1.01. The summed E-state index contributed by atoms with van der Waals surface area (Å²) in [5.74, 6) is -0.407. The monoisotopic (exact) mass is 291 g/mol. The minimum Gasteiger partial charge on any atom is -0.272 e. The third-order valence-corrected chi connectivity index (χ3v) is 5.21. The lowest BCUT2D eigenvalue weighted by molar-refractivity contribution is -0.151. The van der Waals surface area contributed by atoms with E-state index in [0.717, 1.165) is 10.6 Å². The highest BCUT2D eigenvalue weighted by Crippen LogP contribution is 2.59. The number of hydrogen-bond donors (Lipinski definition) is 0. The van der Waals surface area contributed by atoms with Crippen LogP contribution in [0.4, 0.5) is 0 Å². The number of β-lactam (4-membered cyclic amide) rings is 1. The predicted octanol–water partition coefficient (Wildman–Crippen LogP) is 2.19. The third-order valence-electron chi connectivity index (χ3n) is 3.59. The van der Waals surface area contributed by atoms with Gasteiger partial charge in [0.2, 0.25) is 10.0 Å². The van der Waals surface area contributed by atoms with E-state index in [0.29, 0.717) is 0 Å². The van der Waals surface area contributed by atoms with Gasteiger partial charge >= 0.3 is 0 Å². The second kappa shape index (κ2) is 3.76. The lowest BCUT2D eigenvalue weighted by Gasteiger charge is -2.60. The summed E-state index contributed by atoms with van der Waals surface area (Å²) in [5, 5.41) is 0. The van der Waals surface area contributed by atoms with E-state index in [2.05, 4.69) is 0 Å². The molecule has 1 amide bonds. The Kier molecular flexibility index (Phi) is 3.25. The van der Waals surface area contributed by atoms with Gasteiger partial charge in [0.15, 0.2) is 0 Å². The average Bonchev–Trinajstić information content (AvgIpc) is 1.93. The Labute approximate surface area is 115 Å². The summed E-state index contributed by atoms with van der Waals surface area (Å²) in [5.41, 5.74) is -1.78. The number of hydrogen-bond acceptors (Lipinski definition) is 4. The van der Waals surface area contributed by atoms with Crippen LogP contribution >= 0.6 is 12.2 Å². The smallest absolute Gasteiger partial charge is 0.255 e. The molecule has 0 spiro atoms. The van der Waals surface area contributed by atoms with Crippen LogP contribution in [0, 0.1) is 16.2 Å². The van der Waals surface area contributed by atoms with E-state index < -0.39 is 32.2 Å². The normalized spacial score (nSPS) is 20.9. The van der Waals surface area contributed by atoms with Crippen LogP contribution in [-0.4, -0.2) is 29.9 Å². The number of amides is 1. The zero-order valence-electron chi connectivity index (χ0n) is 12.0. The van der Waals surface area contributed by atoms with Gasteiger partial charge in [-0.25, -0.2) is 8.42 Å². The van der Waals surface area contributed by atoms with Crippen molar-refractivity contribution in [1.82, 2.24) is 4.31 Å². The van der Waals surface area contributed by atoms with Crippen LogP contribution in [0.5, 0.6) is 0 Å². The summed E-state index contributed by atoms with van der Waals surface area (Å²) in [4.78, 5) is 12.7. The highest BCUT2D eigenvalue weighted by atomic mass is 32.2. The van der Waals surface area contributed by atoms with E-state index in [1.807, 2.05) is 41.5 Å². The van der Waals surface area contributed by atoms with Gasteiger partial charge < -0.3 is 0 Å². The zero-order chi connectivity index (χ0) is 14.7. The minimum atomic E-state index is -3.61. The van der Waals surface area contributed by atoms with Crippen molar-refractivity contribution in [3.05, 3.63) is 0 Å². The van der Waals surface area contributed by atoms with Crippen molar-refractivity contribution in [3.63, 3.8) is 0 Å². The number of carbonyl (C=O) groups excluding carboxylic acids is 1. The Hall–Kier alpha value is -0.490. The third kappa shape index (κ3) is 1.72. The molecule has 0 saturated carbocycles. The molecule has 0 N–H and O–H groups in total. The molecule has 6 heteroatoms. The standard InChI is InChI=1S/C12H21NO3S2/c1-10(2,3)12(11(4,5)6)8(14)13(9(12)17)18(7,15)16/h1-7H3. The van der Waals surface area contributed by atoms with Gasteiger partial charge in [0, 0.05) is 0 Å². The van der Waals surface area contributed by atoms with Crippen molar-refractivity contribution >= 4 is 33.1 Å². The molecule has 0 radical (unpaired) electrons. The molecule has 0 bridgehead atoms. The fourth-order valence-electron chi connectivity index (χ4n) is 3.14. The van der Waals surface area contributed by atoms with Crippen molar-refractivity contribution < 1.29 is 13.2 Å².